The van der Waals surface area contributed by atoms with Gasteiger partial charge in [-0.2, -0.15) is 0 Å². The third kappa shape index (κ3) is 3.74. The Morgan fingerprint density at radius 1 is 0.862 bits per heavy atom. The first-order chi connectivity index (χ1) is 13.7. The summed E-state index contributed by atoms with van der Waals surface area (Å²) in [4.78, 5) is 0. The highest BCUT2D eigenvalue weighted by atomic mass is 16.3. The second-order valence-electron chi connectivity index (χ2n) is 13.2. The van der Waals surface area contributed by atoms with Gasteiger partial charge >= 0.3 is 0 Å². The molecule has 4 aliphatic rings. The number of rotatable bonds is 5. The first-order valence-corrected chi connectivity index (χ1v) is 13.3. The maximum atomic E-state index is 11.4. The van der Waals surface area contributed by atoms with Gasteiger partial charge in [0.1, 0.15) is 0 Å². The molecule has 0 heterocycles. The lowest BCUT2D eigenvalue weighted by atomic mass is 9.43. The van der Waals surface area contributed by atoms with Crippen molar-refractivity contribution in [2.45, 2.75) is 118 Å². The molecule has 1 heteroatoms. The van der Waals surface area contributed by atoms with Gasteiger partial charge in [0.2, 0.25) is 0 Å². The second kappa shape index (κ2) is 8.14. The summed E-state index contributed by atoms with van der Waals surface area (Å²) in [7, 11) is 0. The average Bonchev–Trinajstić information content (AvgIpc) is 3.00. The number of hydrogen-bond donors (Lipinski definition) is 1. The molecule has 1 N–H and O–H groups in total. The van der Waals surface area contributed by atoms with Crippen LogP contribution < -0.4 is 0 Å². The van der Waals surface area contributed by atoms with Crippen LogP contribution in [0, 0.1) is 58.2 Å². The Bertz CT molecular complexity index is 569. The van der Waals surface area contributed by atoms with Gasteiger partial charge in [0.15, 0.2) is 0 Å². The number of aliphatic hydroxyl groups excluding tert-OH is 1. The molecule has 1 nitrogen and oxygen atoms in total. The minimum Gasteiger partial charge on any atom is -0.393 e. The average molecular weight is 403 g/mol. The Morgan fingerprint density at radius 2 is 1.55 bits per heavy atom. The van der Waals surface area contributed by atoms with Gasteiger partial charge in [0, 0.05) is 0 Å². The summed E-state index contributed by atoms with van der Waals surface area (Å²) in [6.45, 7) is 15.0. The van der Waals surface area contributed by atoms with Crippen molar-refractivity contribution in [1.82, 2.24) is 0 Å². The van der Waals surface area contributed by atoms with E-state index in [1.807, 2.05) is 0 Å². The molecule has 0 saturated heterocycles. The zero-order valence-electron chi connectivity index (χ0n) is 20.4. The molecular weight excluding hydrogens is 352 g/mol. The minimum atomic E-state index is -0.0250. The zero-order valence-corrected chi connectivity index (χ0v) is 20.4. The van der Waals surface area contributed by atoms with Crippen molar-refractivity contribution in [2.75, 3.05) is 0 Å². The van der Waals surface area contributed by atoms with Crippen LogP contribution in [0.5, 0.6) is 0 Å². The molecule has 4 rings (SSSR count). The maximum absolute atomic E-state index is 11.4. The van der Waals surface area contributed by atoms with E-state index in [4.69, 9.17) is 0 Å². The highest BCUT2D eigenvalue weighted by molar-refractivity contribution is 5.11. The molecule has 0 spiro atoms. The summed E-state index contributed by atoms with van der Waals surface area (Å²) in [6, 6.07) is 0. The molecule has 0 aromatic heterocycles. The Hall–Kier alpha value is -0.0400. The van der Waals surface area contributed by atoms with Gasteiger partial charge < -0.3 is 5.11 Å². The van der Waals surface area contributed by atoms with Gasteiger partial charge in [-0.05, 0) is 103 Å². The van der Waals surface area contributed by atoms with Gasteiger partial charge in [-0.1, -0.05) is 67.2 Å². The highest BCUT2D eigenvalue weighted by Crippen LogP contribution is 2.68. The van der Waals surface area contributed by atoms with Gasteiger partial charge in [0.05, 0.1) is 6.10 Å². The molecular formula is C28H50O. The minimum absolute atomic E-state index is 0.0250. The van der Waals surface area contributed by atoms with Gasteiger partial charge in [-0.25, -0.2) is 0 Å². The summed E-state index contributed by atoms with van der Waals surface area (Å²) in [5, 5.41) is 11.4. The van der Waals surface area contributed by atoms with Crippen LogP contribution in [0.1, 0.15) is 112 Å². The summed E-state index contributed by atoms with van der Waals surface area (Å²) >= 11 is 0. The van der Waals surface area contributed by atoms with Crippen molar-refractivity contribution in [3.8, 4) is 0 Å². The van der Waals surface area contributed by atoms with E-state index in [0.717, 1.165) is 47.8 Å². The standard InChI is InChI=1S/C28H50O/c1-18(2)8-7-9-20(4)22-10-11-23-26-24(13-15-28(22,23)6)27(5)14-12-19(3)16-21(27)17-25(26)29/h18-26,29H,7-17H2,1-6H3/t19-,20?,21-,22-,23?,24?,25-,26?,27+,28-/m1/s1. The lowest BCUT2D eigenvalue weighted by molar-refractivity contribution is -0.168. The van der Waals surface area contributed by atoms with E-state index in [9.17, 15) is 5.11 Å². The molecule has 0 bridgehead atoms. The van der Waals surface area contributed by atoms with Crippen molar-refractivity contribution in [2.24, 2.45) is 58.2 Å². The highest BCUT2D eigenvalue weighted by Gasteiger charge is 2.62. The Balaban J connectivity index is 1.50. The van der Waals surface area contributed by atoms with Crippen LogP contribution >= 0.6 is 0 Å². The molecule has 0 aliphatic heterocycles. The smallest absolute Gasteiger partial charge is 0.0577 e. The third-order valence-corrected chi connectivity index (χ3v) is 11.1. The first-order valence-electron chi connectivity index (χ1n) is 13.3. The quantitative estimate of drug-likeness (QED) is 0.499. The largest absolute Gasteiger partial charge is 0.393 e. The summed E-state index contributed by atoms with van der Waals surface area (Å²) in [6.07, 6.45) is 15.1. The van der Waals surface area contributed by atoms with Crippen LogP contribution in [0.4, 0.5) is 0 Å². The van der Waals surface area contributed by atoms with Gasteiger partial charge in [0.25, 0.3) is 0 Å². The molecule has 0 radical (unpaired) electrons. The number of aliphatic hydroxyl groups is 1. The van der Waals surface area contributed by atoms with E-state index in [0.29, 0.717) is 16.7 Å². The monoisotopic (exact) mass is 402 g/mol. The maximum Gasteiger partial charge on any atom is 0.0577 e. The predicted octanol–water partition coefficient (Wildman–Crippen LogP) is 7.71. The van der Waals surface area contributed by atoms with Crippen molar-refractivity contribution in [3.63, 3.8) is 0 Å². The molecule has 0 aromatic rings. The molecule has 29 heavy (non-hydrogen) atoms. The lowest BCUT2D eigenvalue weighted by Crippen LogP contribution is -2.58. The van der Waals surface area contributed by atoms with Crippen LogP contribution in [0.25, 0.3) is 0 Å². The normalized spacial score (nSPS) is 50.7. The fraction of sp³-hybridized carbons (Fsp3) is 1.00. The molecule has 4 aliphatic carbocycles. The fourth-order valence-corrected chi connectivity index (χ4v) is 9.46. The summed E-state index contributed by atoms with van der Waals surface area (Å²) in [5.74, 6) is 6.41. The van der Waals surface area contributed by atoms with Crippen molar-refractivity contribution in [3.05, 3.63) is 0 Å². The molecule has 168 valence electrons. The fourth-order valence-electron chi connectivity index (χ4n) is 9.46. The number of hydrogen-bond acceptors (Lipinski definition) is 1. The Labute approximate surface area is 181 Å². The summed E-state index contributed by atoms with van der Waals surface area (Å²) < 4.78 is 0. The van der Waals surface area contributed by atoms with Crippen LogP contribution in [-0.4, -0.2) is 11.2 Å². The predicted molar refractivity (Wildman–Crippen MR) is 124 cm³/mol. The van der Waals surface area contributed by atoms with E-state index < -0.39 is 0 Å². The Morgan fingerprint density at radius 3 is 2.28 bits per heavy atom. The van der Waals surface area contributed by atoms with E-state index in [-0.39, 0.29) is 6.10 Å². The van der Waals surface area contributed by atoms with Crippen molar-refractivity contribution >= 4 is 0 Å². The van der Waals surface area contributed by atoms with Crippen molar-refractivity contribution < 1.29 is 5.11 Å². The molecule has 10 atom stereocenters. The van der Waals surface area contributed by atoms with E-state index in [1.54, 1.807) is 0 Å². The summed E-state index contributed by atoms with van der Waals surface area (Å²) in [5.41, 5.74) is 1.00. The van der Waals surface area contributed by atoms with Gasteiger partial charge in [-0.15, -0.1) is 0 Å². The zero-order chi connectivity index (χ0) is 21.0. The lowest BCUT2D eigenvalue weighted by Gasteiger charge is -2.62. The van der Waals surface area contributed by atoms with E-state index in [2.05, 4.69) is 41.5 Å². The third-order valence-electron chi connectivity index (χ3n) is 11.1. The first kappa shape index (κ1) is 22.2. The van der Waals surface area contributed by atoms with E-state index >= 15 is 0 Å². The van der Waals surface area contributed by atoms with Gasteiger partial charge in [-0.3, -0.25) is 0 Å². The van der Waals surface area contributed by atoms with Crippen LogP contribution in [0.15, 0.2) is 0 Å². The van der Waals surface area contributed by atoms with Crippen LogP contribution in [0.3, 0.4) is 0 Å². The Kier molecular flexibility index (Phi) is 6.22. The molecule has 4 saturated carbocycles. The molecule has 0 amide bonds. The van der Waals surface area contributed by atoms with Crippen molar-refractivity contribution in [1.29, 1.82) is 0 Å². The second-order valence-corrected chi connectivity index (χ2v) is 13.2. The number of fused-ring (bicyclic) bond motifs is 5. The topological polar surface area (TPSA) is 20.2 Å². The molecule has 0 aromatic carbocycles. The SMILES string of the molecule is CC(C)CCCC(C)[C@H]1CCC2C3C(CC[C@@]21C)[C@@]1(C)CC[C@@H](C)C[C@@H]1C[C@H]3O. The van der Waals surface area contributed by atoms with E-state index in [1.165, 1.54) is 64.2 Å². The van der Waals surface area contributed by atoms with Crippen LogP contribution in [0.2, 0.25) is 0 Å². The molecule has 4 unspecified atom stereocenters. The van der Waals surface area contributed by atoms with Crippen LogP contribution in [-0.2, 0) is 0 Å². The molecule has 4 fully saturated rings.